The second-order valence-corrected chi connectivity index (χ2v) is 7.21. The third kappa shape index (κ3) is 3.88. The molecule has 126 valence electrons. The first-order valence-electron chi connectivity index (χ1n) is 8.02. The van der Waals surface area contributed by atoms with E-state index in [1.54, 1.807) is 17.0 Å². The summed E-state index contributed by atoms with van der Waals surface area (Å²) in [4.78, 5) is 25.3. The van der Waals surface area contributed by atoms with E-state index in [4.69, 9.17) is 5.73 Å². The van der Waals surface area contributed by atoms with Gasteiger partial charge in [-0.1, -0.05) is 26.8 Å². The molecule has 1 amide bonds. The lowest BCUT2D eigenvalue weighted by atomic mass is 9.85. The fourth-order valence-corrected chi connectivity index (χ4v) is 3.00. The summed E-state index contributed by atoms with van der Waals surface area (Å²) in [5.74, 6) is 0.334. The third-order valence-corrected chi connectivity index (χ3v) is 4.48. The Labute approximate surface area is 136 Å². The van der Waals surface area contributed by atoms with Crippen LogP contribution in [-0.2, 0) is 5.41 Å². The van der Waals surface area contributed by atoms with Crippen molar-refractivity contribution < 1.29 is 9.72 Å². The smallest absolute Gasteiger partial charge is 0.273 e. The molecule has 0 radical (unpaired) electrons. The molecular formula is C17H25N3O3. The van der Waals surface area contributed by atoms with Crippen molar-refractivity contribution in [2.45, 2.75) is 39.0 Å². The number of nitro benzene ring substituents is 1. The molecule has 23 heavy (non-hydrogen) atoms. The standard InChI is InChI=1S/C17H25N3O3/c1-17(2,3)14-5-4-13(10-15(14)20(22)23)16(21)19-8-6-12(11-18)7-9-19/h4-5,10,12H,6-9,11,18H2,1-3H3. The molecule has 1 aliphatic heterocycles. The number of rotatable bonds is 3. The first kappa shape index (κ1) is 17.4. The van der Waals surface area contributed by atoms with E-state index in [9.17, 15) is 14.9 Å². The number of piperidine rings is 1. The summed E-state index contributed by atoms with van der Waals surface area (Å²) >= 11 is 0. The normalized spacial score (nSPS) is 16.4. The third-order valence-electron chi connectivity index (χ3n) is 4.48. The maximum atomic E-state index is 12.6. The first-order valence-corrected chi connectivity index (χ1v) is 8.02. The first-order chi connectivity index (χ1) is 10.7. The van der Waals surface area contributed by atoms with Crippen LogP contribution in [0.15, 0.2) is 18.2 Å². The number of nitro groups is 1. The number of nitrogens with two attached hydrogens (primary N) is 1. The van der Waals surface area contributed by atoms with Crippen LogP contribution in [-0.4, -0.2) is 35.4 Å². The molecule has 0 aromatic heterocycles. The van der Waals surface area contributed by atoms with E-state index in [1.165, 1.54) is 6.07 Å². The second-order valence-electron chi connectivity index (χ2n) is 7.21. The van der Waals surface area contributed by atoms with Crippen molar-refractivity contribution in [3.8, 4) is 0 Å². The molecule has 0 aliphatic carbocycles. The van der Waals surface area contributed by atoms with Crippen molar-refractivity contribution in [2.24, 2.45) is 11.7 Å². The highest BCUT2D eigenvalue weighted by molar-refractivity contribution is 5.95. The van der Waals surface area contributed by atoms with Crippen LogP contribution in [0.2, 0.25) is 0 Å². The van der Waals surface area contributed by atoms with Crippen molar-refractivity contribution in [3.05, 3.63) is 39.4 Å². The van der Waals surface area contributed by atoms with Gasteiger partial charge in [-0.15, -0.1) is 0 Å². The van der Waals surface area contributed by atoms with Gasteiger partial charge < -0.3 is 10.6 Å². The zero-order chi connectivity index (χ0) is 17.2. The van der Waals surface area contributed by atoms with Crippen molar-refractivity contribution in [3.63, 3.8) is 0 Å². The Hall–Kier alpha value is -1.95. The largest absolute Gasteiger partial charge is 0.339 e. The second kappa shape index (κ2) is 6.66. The molecule has 1 aromatic carbocycles. The van der Waals surface area contributed by atoms with Gasteiger partial charge in [-0.05, 0) is 36.8 Å². The van der Waals surface area contributed by atoms with Crippen LogP contribution in [0, 0.1) is 16.0 Å². The number of carbonyl (C=O) groups excluding carboxylic acids is 1. The molecule has 0 unspecified atom stereocenters. The van der Waals surface area contributed by atoms with Gasteiger partial charge in [0.05, 0.1) is 4.92 Å². The average Bonchev–Trinajstić information content (AvgIpc) is 2.52. The molecular weight excluding hydrogens is 294 g/mol. The van der Waals surface area contributed by atoms with Crippen LogP contribution in [0.1, 0.15) is 49.5 Å². The molecule has 1 aliphatic rings. The molecule has 2 N–H and O–H groups in total. The van der Waals surface area contributed by atoms with Crippen LogP contribution in [0.4, 0.5) is 5.69 Å². The minimum atomic E-state index is -0.405. The average molecular weight is 319 g/mol. The molecule has 0 atom stereocenters. The topological polar surface area (TPSA) is 89.5 Å². The van der Waals surface area contributed by atoms with Crippen molar-refractivity contribution in [2.75, 3.05) is 19.6 Å². The van der Waals surface area contributed by atoms with Gasteiger partial charge >= 0.3 is 0 Å². The van der Waals surface area contributed by atoms with E-state index < -0.39 is 4.92 Å². The van der Waals surface area contributed by atoms with Crippen LogP contribution in [0.5, 0.6) is 0 Å². The number of benzene rings is 1. The summed E-state index contributed by atoms with van der Waals surface area (Å²) in [5, 5.41) is 11.4. The fourth-order valence-electron chi connectivity index (χ4n) is 3.00. The summed E-state index contributed by atoms with van der Waals surface area (Å²) < 4.78 is 0. The van der Waals surface area contributed by atoms with E-state index in [1.807, 2.05) is 20.8 Å². The van der Waals surface area contributed by atoms with E-state index in [0.717, 1.165) is 12.8 Å². The molecule has 2 rings (SSSR count). The van der Waals surface area contributed by atoms with Gasteiger partial charge in [-0.3, -0.25) is 14.9 Å². The van der Waals surface area contributed by atoms with Gasteiger partial charge in [0.2, 0.25) is 0 Å². The molecule has 0 spiro atoms. The molecule has 6 heteroatoms. The lowest BCUT2D eigenvalue weighted by Crippen LogP contribution is -2.40. The van der Waals surface area contributed by atoms with Crippen LogP contribution in [0.25, 0.3) is 0 Å². The highest BCUT2D eigenvalue weighted by Crippen LogP contribution is 2.32. The lowest BCUT2D eigenvalue weighted by Gasteiger charge is -2.31. The number of hydrogen-bond acceptors (Lipinski definition) is 4. The van der Waals surface area contributed by atoms with Crippen LogP contribution >= 0.6 is 0 Å². The summed E-state index contributed by atoms with van der Waals surface area (Å²) in [6, 6.07) is 4.82. The monoisotopic (exact) mass is 319 g/mol. The Bertz CT molecular complexity index is 600. The maximum absolute atomic E-state index is 12.6. The van der Waals surface area contributed by atoms with Crippen molar-refractivity contribution >= 4 is 11.6 Å². The number of amides is 1. The molecule has 6 nitrogen and oxygen atoms in total. The van der Waals surface area contributed by atoms with E-state index >= 15 is 0 Å². The SMILES string of the molecule is CC(C)(C)c1ccc(C(=O)N2CCC(CN)CC2)cc1[N+](=O)[O-]. The summed E-state index contributed by atoms with van der Waals surface area (Å²) in [5.41, 5.74) is 6.36. The molecule has 0 bridgehead atoms. The van der Waals surface area contributed by atoms with Gasteiger partial charge in [0.1, 0.15) is 0 Å². The molecule has 0 saturated carbocycles. The summed E-state index contributed by atoms with van der Waals surface area (Å²) in [7, 11) is 0. The molecule has 1 saturated heterocycles. The van der Waals surface area contributed by atoms with Crippen molar-refractivity contribution in [1.29, 1.82) is 0 Å². The summed E-state index contributed by atoms with van der Waals surface area (Å²) in [6.45, 7) is 7.75. The molecule has 1 heterocycles. The number of nitrogens with zero attached hydrogens (tertiary/aromatic N) is 2. The van der Waals surface area contributed by atoms with Gasteiger partial charge in [0.25, 0.3) is 11.6 Å². The minimum absolute atomic E-state index is 0.0141. The van der Waals surface area contributed by atoms with Gasteiger partial charge in [0, 0.05) is 30.3 Å². The Morgan fingerprint density at radius 3 is 2.43 bits per heavy atom. The maximum Gasteiger partial charge on any atom is 0.273 e. The van der Waals surface area contributed by atoms with E-state index in [2.05, 4.69) is 0 Å². The number of likely N-dealkylation sites (tertiary alicyclic amines) is 1. The summed E-state index contributed by atoms with van der Waals surface area (Å²) in [6.07, 6.45) is 1.79. The predicted octanol–water partition coefficient (Wildman–Crippen LogP) is 2.70. The lowest BCUT2D eigenvalue weighted by molar-refractivity contribution is -0.386. The van der Waals surface area contributed by atoms with Crippen molar-refractivity contribution in [1.82, 2.24) is 4.90 Å². The Morgan fingerprint density at radius 2 is 1.96 bits per heavy atom. The highest BCUT2D eigenvalue weighted by Gasteiger charge is 2.28. The molecule has 1 aromatic rings. The molecule has 1 fully saturated rings. The Balaban J connectivity index is 2.25. The predicted molar refractivity (Wildman–Crippen MR) is 89.5 cm³/mol. The Morgan fingerprint density at radius 1 is 1.35 bits per heavy atom. The zero-order valence-electron chi connectivity index (χ0n) is 14.0. The Kier molecular flexibility index (Phi) is 5.04. The number of hydrogen-bond donors (Lipinski definition) is 1. The van der Waals surface area contributed by atoms with Gasteiger partial charge in [0.15, 0.2) is 0 Å². The van der Waals surface area contributed by atoms with Crippen LogP contribution in [0.3, 0.4) is 0 Å². The number of carbonyl (C=O) groups is 1. The van der Waals surface area contributed by atoms with E-state index in [0.29, 0.717) is 36.7 Å². The fraction of sp³-hybridized carbons (Fsp3) is 0.588. The van der Waals surface area contributed by atoms with E-state index in [-0.39, 0.29) is 17.0 Å². The minimum Gasteiger partial charge on any atom is -0.339 e. The van der Waals surface area contributed by atoms with Crippen LogP contribution < -0.4 is 5.73 Å². The van der Waals surface area contributed by atoms with Gasteiger partial charge in [-0.2, -0.15) is 0 Å². The highest BCUT2D eigenvalue weighted by atomic mass is 16.6. The van der Waals surface area contributed by atoms with Gasteiger partial charge in [-0.25, -0.2) is 0 Å². The zero-order valence-corrected chi connectivity index (χ0v) is 14.0. The quantitative estimate of drug-likeness (QED) is 0.685.